The van der Waals surface area contributed by atoms with Gasteiger partial charge in [-0.25, -0.2) is 18.4 Å². The number of sulfone groups is 1. The van der Waals surface area contributed by atoms with Crippen molar-refractivity contribution < 1.29 is 22.7 Å². The van der Waals surface area contributed by atoms with Crippen molar-refractivity contribution >= 4 is 33.1 Å². The minimum Gasteiger partial charge on any atom is -0.490 e. The third-order valence-corrected chi connectivity index (χ3v) is 5.33. The van der Waals surface area contributed by atoms with Crippen molar-refractivity contribution in [1.29, 1.82) is 0 Å². The molecule has 11 heteroatoms. The van der Waals surface area contributed by atoms with E-state index >= 15 is 0 Å². The van der Waals surface area contributed by atoms with Gasteiger partial charge in [0.25, 0.3) is 0 Å². The summed E-state index contributed by atoms with van der Waals surface area (Å²) in [5.74, 6) is 0.969. The Morgan fingerprint density at radius 1 is 1.06 bits per heavy atom. The molecule has 1 amide bonds. The summed E-state index contributed by atoms with van der Waals surface area (Å²) in [4.78, 5) is 24.4. The van der Waals surface area contributed by atoms with Gasteiger partial charge >= 0.3 is 0 Å². The van der Waals surface area contributed by atoms with Crippen LogP contribution < -0.4 is 15.4 Å². The molecule has 3 aromatic heterocycles. The maximum absolute atomic E-state index is 12.0. The van der Waals surface area contributed by atoms with Gasteiger partial charge in [0.1, 0.15) is 24.0 Å². The molecular weight excluding hydrogens is 446 g/mol. The van der Waals surface area contributed by atoms with Crippen LogP contribution in [0.4, 0.5) is 17.3 Å². The highest BCUT2D eigenvalue weighted by Gasteiger charge is 2.14. The fraction of sp³-hybridized carbons (Fsp3) is 0.273. The minimum absolute atomic E-state index is 0.0432. The average Bonchev–Trinajstić information content (AvgIpc) is 2.73. The predicted molar refractivity (Wildman–Crippen MR) is 125 cm³/mol. The van der Waals surface area contributed by atoms with Gasteiger partial charge in [0.15, 0.2) is 14.9 Å². The largest absolute Gasteiger partial charge is 0.490 e. The molecule has 0 bridgehead atoms. The Bertz CT molecular complexity index is 1250. The second-order valence-corrected chi connectivity index (χ2v) is 9.24. The Hall–Kier alpha value is -3.57. The highest BCUT2D eigenvalue weighted by molar-refractivity contribution is 7.90. The van der Waals surface area contributed by atoms with Gasteiger partial charge in [-0.2, -0.15) is 0 Å². The molecule has 0 spiro atoms. The number of carbonyl (C=O) groups is 1. The van der Waals surface area contributed by atoms with Gasteiger partial charge in [-0.1, -0.05) is 0 Å². The molecule has 0 fully saturated rings. The maximum Gasteiger partial charge on any atom is 0.222 e. The Morgan fingerprint density at radius 2 is 1.85 bits per heavy atom. The molecule has 0 aromatic carbocycles. The van der Waals surface area contributed by atoms with Gasteiger partial charge in [0, 0.05) is 38.1 Å². The number of methoxy groups -OCH3 is 1. The molecule has 0 aliphatic heterocycles. The second kappa shape index (κ2) is 10.4. The molecule has 2 N–H and O–H groups in total. The summed E-state index contributed by atoms with van der Waals surface area (Å²) in [6.45, 7) is 4.02. The summed E-state index contributed by atoms with van der Waals surface area (Å²) in [7, 11) is -1.90. The number of carbonyl (C=O) groups excluding carboxylic acids is 1. The molecule has 0 saturated heterocycles. The standard InChI is InChI=1S/C22H25N5O5S/c1-14-9-21(27-22(10-14)33(4,29)30)26-19-11-20(25-15(2)28)24-13-17(19)18-6-5-16(12-23-18)32-8-7-31-3/h5-6,9-13H,7-8H2,1-4H3,(H2,24,25,26,27,28). The van der Waals surface area contributed by atoms with Gasteiger partial charge in [-0.3, -0.25) is 9.78 Å². The van der Waals surface area contributed by atoms with Crippen LogP contribution in [0.1, 0.15) is 12.5 Å². The van der Waals surface area contributed by atoms with Gasteiger partial charge in [0.2, 0.25) is 5.91 Å². The number of nitrogens with one attached hydrogen (secondary N) is 2. The molecular formula is C22H25N5O5S. The second-order valence-electron chi connectivity index (χ2n) is 7.28. The molecule has 174 valence electrons. The molecule has 3 aromatic rings. The van der Waals surface area contributed by atoms with Gasteiger partial charge in [-0.05, 0) is 36.8 Å². The van der Waals surface area contributed by atoms with E-state index in [1.54, 1.807) is 50.7 Å². The molecule has 0 aliphatic rings. The van der Waals surface area contributed by atoms with Crippen molar-refractivity contribution in [3.8, 4) is 17.0 Å². The van der Waals surface area contributed by atoms with Crippen molar-refractivity contribution in [2.75, 3.05) is 37.2 Å². The zero-order chi connectivity index (χ0) is 24.0. The lowest BCUT2D eigenvalue weighted by Gasteiger charge is -2.14. The predicted octanol–water partition coefficient (Wildman–Crippen LogP) is 2.98. The number of anilines is 3. The molecule has 0 atom stereocenters. The lowest BCUT2D eigenvalue weighted by Crippen LogP contribution is -2.09. The lowest BCUT2D eigenvalue weighted by molar-refractivity contribution is -0.114. The highest BCUT2D eigenvalue weighted by Crippen LogP contribution is 2.31. The van der Waals surface area contributed by atoms with Crippen molar-refractivity contribution in [3.63, 3.8) is 0 Å². The molecule has 0 unspecified atom stereocenters. The highest BCUT2D eigenvalue weighted by atomic mass is 32.2. The van der Waals surface area contributed by atoms with Crippen LogP contribution >= 0.6 is 0 Å². The summed E-state index contributed by atoms with van der Waals surface area (Å²) < 4.78 is 34.5. The van der Waals surface area contributed by atoms with Crippen LogP contribution in [0.3, 0.4) is 0 Å². The van der Waals surface area contributed by atoms with Gasteiger partial charge in [0.05, 0.1) is 24.2 Å². The molecule has 0 saturated carbocycles. The zero-order valence-electron chi connectivity index (χ0n) is 18.7. The fourth-order valence-corrected chi connectivity index (χ4v) is 3.57. The first-order chi connectivity index (χ1) is 15.7. The van der Waals surface area contributed by atoms with E-state index in [0.717, 1.165) is 11.8 Å². The Morgan fingerprint density at radius 3 is 2.48 bits per heavy atom. The number of aryl methyl sites for hydroxylation is 1. The fourth-order valence-electron chi connectivity index (χ4n) is 2.91. The van der Waals surface area contributed by atoms with E-state index in [0.29, 0.717) is 47.5 Å². The first kappa shape index (κ1) is 24.1. The summed E-state index contributed by atoms with van der Waals surface area (Å²) in [5.41, 5.74) is 2.47. The van der Waals surface area contributed by atoms with Crippen LogP contribution in [0.15, 0.2) is 47.8 Å². The lowest BCUT2D eigenvalue weighted by atomic mass is 10.1. The first-order valence-electron chi connectivity index (χ1n) is 9.97. The summed E-state index contributed by atoms with van der Waals surface area (Å²) >= 11 is 0. The number of aromatic nitrogens is 3. The van der Waals surface area contributed by atoms with E-state index in [2.05, 4.69) is 25.6 Å². The SMILES string of the molecule is COCCOc1ccc(-c2cnc(NC(C)=O)cc2Nc2cc(C)cc(S(C)(=O)=O)n2)nc1. The maximum atomic E-state index is 12.0. The molecule has 3 rings (SSSR count). The van der Waals surface area contributed by atoms with Crippen LogP contribution in [-0.2, 0) is 19.4 Å². The summed E-state index contributed by atoms with van der Waals surface area (Å²) in [6, 6.07) is 8.40. The number of ether oxygens (including phenoxy) is 2. The van der Waals surface area contributed by atoms with Crippen molar-refractivity contribution in [2.45, 2.75) is 18.9 Å². The van der Waals surface area contributed by atoms with E-state index in [1.165, 1.54) is 13.0 Å². The number of hydrogen-bond donors (Lipinski definition) is 2. The van der Waals surface area contributed by atoms with E-state index in [4.69, 9.17) is 9.47 Å². The number of amides is 1. The number of pyridine rings is 3. The Labute approximate surface area is 192 Å². The average molecular weight is 472 g/mol. The molecule has 3 heterocycles. The van der Waals surface area contributed by atoms with Crippen molar-refractivity contribution in [1.82, 2.24) is 15.0 Å². The van der Waals surface area contributed by atoms with Crippen LogP contribution in [0.25, 0.3) is 11.3 Å². The first-order valence-corrected chi connectivity index (χ1v) is 11.9. The van der Waals surface area contributed by atoms with E-state index in [-0.39, 0.29) is 10.9 Å². The zero-order valence-corrected chi connectivity index (χ0v) is 19.6. The normalized spacial score (nSPS) is 11.2. The van der Waals surface area contributed by atoms with Gasteiger partial charge in [-0.15, -0.1) is 0 Å². The van der Waals surface area contributed by atoms with Crippen LogP contribution in [0.2, 0.25) is 0 Å². The Balaban J connectivity index is 1.99. The minimum atomic E-state index is -3.50. The van der Waals surface area contributed by atoms with Crippen LogP contribution in [0, 0.1) is 6.92 Å². The Kier molecular flexibility index (Phi) is 7.56. The van der Waals surface area contributed by atoms with Crippen LogP contribution in [-0.4, -0.2) is 55.9 Å². The van der Waals surface area contributed by atoms with Gasteiger partial charge < -0.3 is 20.1 Å². The van der Waals surface area contributed by atoms with E-state index in [9.17, 15) is 13.2 Å². The summed E-state index contributed by atoms with van der Waals surface area (Å²) in [5, 5.41) is 5.73. The molecule has 0 aliphatic carbocycles. The topological polar surface area (TPSA) is 132 Å². The number of nitrogens with zero attached hydrogens (tertiary/aromatic N) is 3. The van der Waals surface area contributed by atoms with Crippen LogP contribution in [0.5, 0.6) is 5.75 Å². The van der Waals surface area contributed by atoms with Crippen molar-refractivity contribution in [3.05, 3.63) is 48.3 Å². The molecule has 33 heavy (non-hydrogen) atoms. The number of rotatable bonds is 9. The van der Waals surface area contributed by atoms with Crippen molar-refractivity contribution in [2.24, 2.45) is 0 Å². The monoisotopic (exact) mass is 471 g/mol. The van der Waals surface area contributed by atoms with E-state index < -0.39 is 9.84 Å². The number of hydrogen-bond acceptors (Lipinski definition) is 9. The third-order valence-electron chi connectivity index (χ3n) is 4.37. The third kappa shape index (κ3) is 6.70. The summed E-state index contributed by atoms with van der Waals surface area (Å²) in [6.07, 6.45) is 4.25. The smallest absolute Gasteiger partial charge is 0.222 e. The molecule has 10 nitrogen and oxygen atoms in total. The van der Waals surface area contributed by atoms with E-state index in [1.807, 2.05) is 0 Å². The quantitative estimate of drug-likeness (QED) is 0.452. The molecule has 0 radical (unpaired) electrons.